The van der Waals surface area contributed by atoms with E-state index >= 15 is 0 Å². The predicted molar refractivity (Wildman–Crippen MR) is 69.9 cm³/mol. The highest BCUT2D eigenvalue weighted by Gasteiger charge is 2.42. The zero-order chi connectivity index (χ0) is 14.1. The number of carbonyl (C=O) groups excluding carboxylic acids is 1. The topological polar surface area (TPSA) is 63.2 Å². The molecule has 0 aliphatic heterocycles. The van der Waals surface area contributed by atoms with Gasteiger partial charge in [0.05, 0.1) is 0 Å². The highest BCUT2D eigenvalue weighted by molar-refractivity contribution is 7.86. The zero-order valence-corrected chi connectivity index (χ0v) is 11.5. The van der Waals surface area contributed by atoms with Gasteiger partial charge in [0.15, 0.2) is 0 Å². The smallest absolute Gasteiger partial charge is 0.326 e. The average Bonchev–Trinajstić information content (AvgIpc) is 2.27. The van der Waals surface area contributed by atoms with Gasteiger partial charge in [-0.25, -0.2) is 0 Å². The van der Waals surface area contributed by atoms with Gasteiger partial charge in [0.2, 0.25) is 5.91 Å². The lowest BCUT2D eigenvalue weighted by Crippen LogP contribution is -2.41. The van der Waals surface area contributed by atoms with E-state index in [-0.39, 0.29) is 11.3 Å². The molecule has 0 heterocycles. The fourth-order valence-electron chi connectivity index (χ4n) is 2.33. The third-order valence-electron chi connectivity index (χ3n) is 3.84. The summed E-state index contributed by atoms with van der Waals surface area (Å²) in [6, 6.07) is 5.25. The van der Waals surface area contributed by atoms with Crippen LogP contribution in [0.4, 0.5) is 9.57 Å². The van der Waals surface area contributed by atoms with E-state index in [9.17, 15) is 17.1 Å². The van der Waals surface area contributed by atoms with E-state index in [1.165, 1.54) is 6.07 Å². The summed E-state index contributed by atoms with van der Waals surface area (Å²) in [4.78, 5) is 11.7. The molecule has 1 saturated carbocycles. The van der Waals surface area contributed by atoms with Crippen LogP contribution in [0.2, 0.25) is 0 Å². The van der Waals surface area contributed by atoms with Crippen molar-refractivity contribution in [3.63, 3.8) is 0 Å². The second-order valence-corrected chi connectivity index (χ2v) is 6.25. The molecule has 0 bridgehead atoms. The fourth-order valence-corrected chi connectivity index (χ4v) is 2.84. The van der Waals surface area contributed by atoms with Crippen molar-refractivity contribution in [3.8, 4) is 0 Å². The van der Waals surface area contributed by atoms with Gasteiger partial charge in [-0.1, -0.05) is 19.4 Å². The highest BCUT2D eigenvalue weighted by atomic mass is 32.3. The molecular formula is C13H16FNO3S. The summed E-state index contributed by atoms with van der Waals surface area (Å²) >= 11 is 0. The molecule has 0 radical (unpaired) electrons. The SMILES string of the molecule is CCC1(C(=O)Nc2cccc(S(=O)(=O)F)c2)CCC1. The maximum absolute atomic E-state index is 12.9. The van der Waals surface area contributed by atoms with Crippen LogP contribution in [-0.2, 0) is 15.0 Å². The Kier molecular flexibility index (Phi) is 3.62. The van der Waals surface area contributed by atoms with E-state index in [0.29, 0.717) is 5.69 Å². The van der Waals surface area contributed by atoms with Crippen molar-refractivity contribution < 1.29 is 17.1 Å². The quantitative estimate of drug-likeness (QED) is 0.865. The number of benzene rings is 1. The van der Waals surface area contributed by atoms with Crippen molar-refractivity contribution in [1.29, 1.82) is 0 Å². The van der Waals surface area contributed by atoms with Crippen molar-refractivity contribution in [2.24, 2.45) is 5.41 Å². The van der Waals surface area contributed by atoms with Crippen LogP contribution >= 0.6 is 0 Å². The van der Waals surface area contributed by atoms with Gasteiger partial charge in [-0.05, 0) is 37.5 Å². The summed E-state index contributed by atoms with van der Waals surface area (Å²) in [5.41, 5.74) is -0.0339. The van der Waals surface area contributed by atoms with Gasteiger partial charge in [0, 0.05) is 11.1 Å². The van der Waals surface area contributed by atoms with Gasteiger partial charge >= 0.3 is 10.2 Å². The van der Waals surface area contributed by atoms with Crippen LogP contribution in [0.15, 0.2) is 29.2 Å². The van der Waals surface area contributed by atoms with Crippen LogP contribution in [0.5, 0.6) is 0 Å². The lowest BCUT2D eigenvalue weighted by atomic mass is 9.66. The number of amides is 1. The van der Waals surface area contributed by atoms with E-state index in [0.717, 1.165) is 37.8 Å². The maximum atomic E-state index is 12.9. The Morgan fingerprint density at radius 3 is 2.58 bits per heavy atom. The molecule has 1 aromatic carbocycles. The third-order valence-corrected chi connectivity index (χ3v) is 4.66. The van der Waals surface area contributed by atoms with Crippen LogP contribution in [0, 0.1) is 5.41 Å². The van der Waals surface area contributed by atoms with Crippen molar-refractivity contribution >= 4 is 21.8 Å². The third kappa shape index (κ3) is 2.78. The van der Waals surface area contributed by atoms with Crippen LogP contribution in [0.25, 0.3) is 0 Å². The predicted octanol–water partition coefficient (Wildman–Crippen LogP) is 2.86. The Balaban J connectivity index is 2.18. The Morgan fingerprint density at radius 1 is 1.42 bits per heavy atom. The first kappa shape index (κ1) is 14.0. The first-order chi connectivity index (χ1) is 8.87. The molecule has 1 N–H and O–H groups in total. The molecule has 1 fully saturated rings. The monoisotopic (exact) mass is 285 g/mol. The first-order valence-corrected chi connectivity index (χ1v) is 7.62. The minimum absolute atomic E-state index is 0.116. The molecule has 1 amide bonds. The molecule has 1 aliphatic carbocycles. The molecular weight excluding hydrogens is 269 g/mol. The standard InChI is InChI=1S/C13H16FNO3S/c1-2-13(7-4-8-13)12(16)15-10-5-3-6-11(9-10)19(14,17)18/h3,5-6,9H,2,4,7-8H2,1H3,(H,15,16). The van der Waals surface area contributed by atoms with E-state index in [1.54, 1.807) is 6.07 Å². The van der Waals surface area contributed by atoms with Gasteiger partial charge in [-0.2, -0.15) is 8.42 Å². The van der Waals surface area contributed by atoms with Gasteiger partial charge in [0.25, 0.3) is 0 Å². The number of nitrogens with one attached hydrogen (secondary N) is 1. The second kappa shape index (κ2) is 4.92. The summed E-state index contributed by atoms with van der Waals surface area (Å²) in [5.74, 6) is -0.116. The van der Waals surface area contributed by atoms with Gasteiger partial charge in [-0.3, -0.25) is 4.79 Å². The van der Waals surface area contributed by atoms with E-state index in [2.05, 4.69) is 5.32 Å². The highest BCUT2D eigenvalue weighted by Crippen LogP contribution is 2.44. The van der Waals surface area contributed by atoms with E-state index < -0.39 is 15.1 Å². The number of rotatable bonds is 4. The van der Waals surface area contributed by atoms with E-state index in [4.69, 9.17) is 0 Å². The minimum Gasteiger partial charge on any atom is -0.326 e. The Hall–Kier alpha value is -1.43. The lowest BCUT2D eigenvalue weighted by molar-refractivity contribution is -0.130. The summed E-state index contributed by atoms with van der Waals surface area (Å²) in [5, 5.41) is 2.68. The van der Waals surface area contributed by atoms with Crippen molar-refractivity contribution in [3.05, 3.63) is 24.3 Å². The first-order valence-electron chi connectivity index (χ1n) is 6.24. The average molecular weight is 285 g/mol. The van der Waals surface area contributed by atoms with Gasteiger partial charge in [-0.15, -0.1) is 3.89 Å². The Bertz CT molecular complexity index is 588. The van der Waals surface area contributed by atoms with Crippen LogP contribution in [-0.4, -0.2) is 14.3 Å². The molecule has 1 aliphatic rings. The maximum Gasteiger partial charge on any atom is 0.332 e. The van der Waals surface area contributed by atoms with Crippen molar-refractivity contribution in [2.45, 2.75) is 37.5 Å². The molecule has 2 rings (SSSR count). The Labute approximate surface area is 112 Å². The Morgan fingerprint density at radius 2 is 2.11 bits per heavy atom. The number of hydrogen-bond acceptors (Lipinski definition) is 3. The molecule has 0 saturated heterocycles. The van der Waals surface area contributed by atoms with Crippen LogP contribution in [0.1, 0.15) is 32.6 Å². The van der Waals surface area contributed by atoms with Crippen LogP contribution < -0.4 is 5.32 Å². The molecule has 1 aromatic rings. The summed E-state index contributed by atoms with van der Waals surface area (Å²) in [6.45, 7) is 1.96. The summed E-state index contributed by atoms with van der Waals surface area (Å²) in [7, 11) is -4.75. The van der Waals surface area contributed by atoms with E-state index in [1.807, 2.05) is 6.92 Å². The molecule has 0 atom stereocenters. The molecule has 0 spiro atoms. The lowest BCUT2D eigenvalue weighted by Gasteiger charge is -2.39. The number of hydrogen-bond donors (Lipinski definition) is 1. The summed E-state index contributed by atoms with van der Waals surface area (Å²) in [6.07, 6.45) is 3.47. The number of halogens is 1. The van der Waals surface area contributed by atoms with Crippen molar-refractivity contribution in [2.75, 3.05) is 5.32 Å². The van der Waals surface area contributed by atoms with Gasteiger partial charge < -0.3 is 5.32 Å². The number of carbonyl (C=O) groups is 1. The largest absolute Gasteiger partial charge is 0.332 e. The zero-order valence-electron chi connectivity index (χ0n) is 10.6. The second-order valence-electron chi connectivity index (χ2n) is 4.91. The molecule has 0 aromatic heterocycles. The van der Waals surface area contributed by atoms with Gasteiger partial charge in [0.1, 0.15) is 4.90 Å². The molecule has 4 nitrogen and oxygen atoms in total. The molecule has 6 heteroatoms. The fraction of sp³-hybridized carbons (Fsp3) is 0.462. The molecule has 104 valence electrons. The molecule has 19 heavy (non-hydrogen) atoms. The number of anilines is 1. The molecule has 0 unspecified atom stereocenters. The van der Waals surface area contributed by atoms with Crippen molar-refractivity contribution in [1.82, 2.24) is 0 Å². The minimum atomic E-state index is -4.75. The van der Waals surface area contributed by atoms with Crippen LogP contribution in [0.3, 0.4) is 0 Å². The normalized spacial score (nSPS) is 17.6. The summed E-state index contributed by atoms with van der Waals surface area (Å²) < 4.78 is 34.5.